The average Bonchev–Trinajstić information content (AvgIpc) is 3.40. The van der Waals surface area contributed by atoms with Gasteiger partial charge < -0.3 is 0 Å². The van der Waals surface area contributed by atoms with E-state index in [0.29, 0.717) is 10.9 Å². The maximum atomic E-state index is 6.56. The van der Waals surface area contributed by atoms with E-state index in [2.05, 4.69) is 45.2 Å². The third-order valence-corrected chi connectivity index (χ3v) is 7.86. The number of hydrogen-bond acceptors (Lipinski definition) is 4. The summed E-state index contributed by atoms with van der Waals surface area (Å²) in [5.41, 5.74) is 4.90. The van der Waals surface area contributed by atoms with Crippen molar-refractivity contribution >= 4 is 38.9 Å². The van der Waals surface area contributed by atoms with E-state index < -0.39 is 0 Å². The second-order valence-corrected chi connectivity index (χ2v) is 10.3. The molecule has 0 saturated heterocycles. The zero-order valence-corrected chi connectivity index (χ0v) is 20.3. The lowest BCUT2D eigenvalue weighted by atomic mass is 9.90. The maximum absolute atomic E-state index is 6.56. The van der Waals surface area contributed by atoms with Crippen LogP contribution in [0.1, 0.15) is 48.6 Å². The third kappa shape index (κ3) is 4.09. The highest BCUT2D eigenvalue weighted by atomic mass is 79.9. The lowest BCUT2D eigenvalue weighted by Crippen LogP contribution is -2.03. The number of halogens is 2. The molecule has 0 aliphatic heterocycles. The summed E-state index contributed by atoms with van der Waals surface area (Å²) < 4.78 is 2.98. The molecular weight excluding hydrogens is 492 g/mol. The van der Waals surface area contributed by atoms with Gasteiger partial charge in [-0.15, -0.1) is 10.2 Å². The maximum Gasteiger partial charge on any atom is 0.168 e. The van der Waals surface area contributed by atoms with E-state index >= 15 is 0 Å². The lowest BCUT2D eigenvalue weighted by Gasteiger charge is -2.18. The van der Waals surface area contributed by atoms with Gasteiger partial charge >= 0.3 is 0 Å². The third-order valence-electron chi connectivity index (χ3n) is 5.92. The number of para-hydroxylation sites is 1. The molecule has 4 nitrogen and oxygen atoms in total. The molecular formula is C24H22BrClN4S. The van der Waals surface area contributed by atoms with Crippen LogP contribution in [0.15, 0.2) is 53.0 Å². The van der Waals surface area contributed by atoms with Crippen LogP contribution < -0.4 is 0 Å². The molecule has 0 amide bonds. The summed E-state index contributed by atoms with van der Waals surface area (Å²) in [6.45, 7) is 2.11. The van der Waals surface area contributed by atoms with Crippen LogP contribution in [0.3, 0.4) is 0 Å². The first-order valence-electron chi connectivity index (χ1n) is 10.6. The molecule has 1 fully saturated rings. The topological polar surface area (TPSA) is 43.6 Å². The molecule has 0 bridgehead atoms. The van der Waals surface area contributed by atoms with Gasteiger partial charge in [-0.25, -0.2) is 4.68 Å². The van der Waals surface area contributed by atoms with Crippen molar-refractivity contribution in [2.24, 2.45) is 0 Å². The fraction of sp³-hybridized carbons (Fsp3) is 0.292. The molecule has 4 aromatic rings. The summed E-state index contributed by atoms with van der Waals surface area (Å²) in [7, 11) is 0. The summed E-state index contributed by atoms with van der Waals surface area (Å²) in [5.74, 6) is 0.539. The zero-order valence-electron chi connectivity index (χ0n) is 17.2. The van der Waals surface area contributed by atoms with Crippen LogP contribution in [-0.4, -0.2) is 20.0 Å². The number of benzene rings is 2. The molecule has 2 aromatic carbocycles. The van der Waals surface area contributed by atoms with Crippen molar-refractivity contribution in [1.82, 2.24) is 20.0 Å². The summed E-state index contributed by atoms with van der Waals surface area (Å²) >= 11 is 11.8. The molecule has 0 atom stereocenters. The van der Waals surface area contributed by atoms with Crippen molar-refractivity contribution < 1.29 is 0 Å². The van der Waals surface area contributed by atoms with Gasteiger partial charge in [0.05, 0.1) is 16.4 Å². The van der Waals surface area contributed by atoms with E-state index in [4.69, 9.17) is 16.7 Å². The molecule has 0 unspecified atom stereocenters. The standard InChI is InChI=1S/C24H22BrClN4S/c1-15-21(24-28-27-23(31-24)17-7-3-2-4-8-17)29-30(20-10-6-5-9-19(20)26)22(15)16-11-13-18(25)14-12-16/h5-6,9-14,17H,2-4,7-8H2,1H3. The fourth-order valence-corrected chi connectivity index (χ4v) is 5.82. The van der Waals surface area contributed by atoms with Gasteiger partial charge in [0.25, 0.3) is 0 Å². The van der Waals surface area contributed by atoms with E-state index in [-0.39, 0.29) is 0 Å². The van der Waals surface area contributed by atoms with E-state index in [1.54, 1.807) is 11.3 Å². The molecule has 0 N–H and O–H groups in total. The smallest absolute Gasteiger partial charge is 0.168 e. The molecule has 1 saturated carbocycles. The molecule has 2 aromatic heterocycles. The van der Waals surface area contributed by atoms with Crippen molar-refractivity contribution in [2.45, 2.75) is 44.9 Å². The van der Waals surface area contributed by atoms with Gasteiger partial charge in [0, 0.05) is 21.5 Å². The van der Waals surface area contributed by atoms with Crippen LogP contribution in [0.25, 0.3) is 27.6 Å². The van der Waals surface area contributed by atoms with Gasteiger partial charge in [0.1, 0.15) is 10.7 Å². The van der Waals surface area contributed by atoms with Gasteiger partial charge in [-0.05, 0) is 44.0 Å². The van der Waals surface area contributed by atoms with Crippen LogP contribution in [0.5, 0.6) is 0 Å². The molecule has 0 radical (unpaired) electrons. The Hall–Kier alpha value is -2.02. The second-order valence-electron chi connectivity index (χ2n) is 7.97. The van der Waals surface area contributed by atoms with Gasteiger partial charge in [-0.1, -0.05) is 82.4 Å². The Morgan fingerprint density at radius 2 is 1.74 bits per heavy atom. The summed E-state index contributed by atoms with van der Waals surface area (Å²) in [5, 5.41) is 16.8. The van der Waals surface area contributed by atoms with Crippen LogP contribution in [0.4, 0.5) is 0 Å². The fourth-order valence-electron chi connectivity index (χ4n) is 4.29. The predicted octanol–water partition coefficient (Wildman–Crippen LogP) is 7.83. The van der Waals surface area contributed by atoms with Crippen LogP contribution in [0, 0.1) is 6.92 Å². The summed E-state index contributed by atoms with van der Waals surface area (Å²) in [6, 6.07) is 16.1. The summed E-state index contributed by atoms with van der Waals surface area (Å²) in [4.78, 5) is 0. The minimum Gasteiger partial charge on any atom is -0.231 e. The highest BCUT2D eigenvalue weighted by Crippen LogP contribution is 2.39. The Balaban J connectivity index is 1.64. The first kappa shape index (κ1) is 20.9. The molecule has 7 heteroatoms. The number of rotatable bonds is 4. The quantitative estimate of drug-likeness (QED) is 0.279. The average molecular weight is 514 g/mol. The summed E-state index contributed by atoms with van der Waals surface area (Å²) in [6.07, 6.45) is 6.33. The van der Waals surface area contributed by atoms with E-state index in [1.165, 1.54) is 32.1 Å². The van der Waals surface area contributed by atoms with Crippen LogP contribution in [-0.2, 0) is 0 Å². The Morgan fingerprint density at radius 3 is 2.48 bits per heavy atom. The van der Waals surface area contributed by atoms with Crippen molar-refractivity contribution in [2.75, 3.05) is 0 Å². The molecule has 2 heterocycles. The molecule has 0 spiro atoms. The normalized spacial score (nSPS) is 14.8. The molecule has 31 heavy (non-hydrogen) atoms. The molecule has 1 aliphatic rings. The zero-order chi connectivity index (χ0) is 21.4. The first-order valence-corrected chi connectivity index (χ1v) is 12.5. The van der Waals surface area contributed by atoms with Crippen LogP contribution in [0.2, 0.25) is 5.02 Å². The van der Waals surface area contributed by atoms with E-state index in [1.807, 2.05) is 41.1 Å². The number of hydrogen-bond donors (Lipinski definition) is 0. The molecule has 158 valence electrons. The van der Waals surface area contributed by atoms with Gasteiger partial charge in [-0.3, -0.25) is 0 Å². The molecule has 5 rings (SSSR count). The Bertz CT molecular complexity index is 1210. The lowest BCUT2D eigenvalue weighted by molar-refractivity contribution is 0.440. The minimum atomic E-state index is 0.539. The predicted molar refractivity (Wildman–Crippen MR) is 131 cm³/mol. The second kappa shape index (κ2) is 8.85. The van der Waals surface area contributed by atoms with E-state index in [0.717, 1.165) is 42.7 Å². The van der Waals surface area contributed by atoms with Crippen LogP contribution >= 0.6 is 38.9 Å². The highest BCUT2D eigenvalue weighted by molar-refractivity contribution is 9.10. The monoisotopic (exact) mass is 512 g/mol. The Labute approximate surface area is 199 Å². The molecule has 1 aliphatic carbocycles. The van der Waals surface area contributed by atoms with Gasteiger partial charge in [0.2, 0.25) is 0 Å². The van der Waals surface area contributed by atoms with Gasteiger partial charge in [0.15, 0.2) is 5.01 Å². The minimum absolute atomic E-state index is 0.539. The van der Waals surface area contributed by atoms with E-state index in [9.17, 15) is 0 Å². The highest BCUT2D eigenvalue weighted by Gasteiger charge is 2.25. The van der Waals surface area contributed by atoms with Crippen molar-refractivity contribution in [1.29, 1.82) is 0 Å². The number of aromatic nitrogens is 4. The van der Waals surface area contributed by atoms with Crippen molar-refractivity contribution in [3.8, 4) is 27.6 Å². The van der Waals surface area contributed by atoms with Crippen molar-refractivity contribution in [3.63, 3.8) is 0 Å². The largest absolute Gasteiger partial charge is 0.231 e. The SMILES string of the molecule is Cc1c(-c2nnc(C3CCCCC3)s2)nn(-c2ccccc2Cl)c1-c1ccc(Br)cc1. The van der Waals surface area contributed by atoms with Gasteiger partial charge in [-0.2, -0.15) is 5.10 Å². The number of nitrogens with zero attached hydrogens (tertiary/aromatic N) is 4. The Morgan fingerprint density at radius 1 is 1.00 bits per heavy atom. The van der Waals surface area contributed by atoms with Crippen molar-refractivity contribution in [3.05, 3.63) is 68.6 Å². The Kier molecular flexibility index (Phi) is 5.95. The first-order chi connectivity index (χ1) is 15.1.